The lowest BCUT2D eigenvalue weighted by molar-refractivity contribution is 0.825. The van der Waals surface area contributed by atoms with Gasteiger partial charge in [-0.2, -0.15) is 0 Å². The average Bonchev–Trinajstić information content (AvgIpc) is 3.11. The molecule has 0 atom stereocenters. The standard InChI is InChI=1S/C21H18N4S/c1-4-10-17(11-5-1)16-26-21-23-22-20(18-12-6-2-7-13-18)25(21)24-19-14-8-3-9-15-19/h1-15,24H,16H2. The quantitative estimate of drug-likeness (QED) is 0.486. The van der Waals surface area contributed by atoms with Crippen molar-refractivity contribution < 1.29 is 0 Å². The molecule has 128 valence electrons. The van der Waals surface area contributed by atoms with Crippen LogP contribution >= 0.6 is 11.8 Å². The summed E-state index contributed by atoms with van der Waals surface area (Å²) in [6.45, 7) is 0. The Morgan fingerprint density at radius 2 is 1.35 bits per heavy atom. The molecule has 26 heavy (non-hydrogen) atoms. The third-order valence-electron chi connectivity index (χ3n) is 3.89. The minimum Gasteiger partial charge on any atom is -0.290 e. The molecule has 0 radical (unpaired) electrons. The van der Waals surface area contributed by atoms with Crippen LogP contribution in [0.1, 0.15) is 5.56 Å². The Bertz CT molecular complexity index is 953. The molecule has 0 spiro atoms. The lowest BCUT2D eigenvalue weighted by Gasteiger charge is -2.12. The zero-order chi connectivity index (χ0) is 17.6. The van der Waals surface area contributed by atoms with Crippen LogP contribution in [0.25, 0.3) is 11.4 Å². The number of nitrogens with one attached hydrogen (secondary N) is 1. The van der Waals surface area contributed by atoms with E-state index in [4.69, 9.17) is 0 Å². The third-order valence-corrected chi connectivity index (χ3v) is 4.89. The van der Waals surface area contributed by atoms with Crippen LogP contribution in [0.4, 0.5) is 5.69 Å². The fourth-order valence-electron chi connectivity index (χ4n) is 2.60. The Kier molecular flexibility index (Phi) is 4.98. The van der Waals surface area contributed by atoms with Gasteiger partial charge in [0.05, 0.1) is 5.69 Å². The number of anilines is 1. The number of rotatable bonds is 6. The van der Waals surface area contributed by atoms with Crippen molar-refractivity contribution in [2.45, 2.75) is 10.9 Å². The number of nitrogens with zero attached hydrogens (tertiary/aromatic N) is 3. The summed E-state index contributed by atoms with van der Waals surface area (Å²) < 4.78 is 1.96. The first kappa shape index (κ1) is 16.4. The molecule has 0 aliphatic rings. The monoisotopic (exact) mass is 358 g/mol. The summed E-state index contributed by atoms with van der Waals surface area (Å²) in [5, 5.41) is 9.67. The molecule has 3 aromatic carbocycles. The minimum atomic E-state index is 0.796. The maximum Gasteiger partial charge on any atom is 0.210 e. The van der Waals surface area contributed by atoms with Crippen LogP contribution in [-0.4, -0.2) is 14.9 Å². The highest BCUT2D eigenvalue weighted by atomic mass is 32.2. The van der Waals surface area contributed by atoms with Crippen molar-refractivity contribution in [2.24, 2.45) is 0 Å². The van der Waals surface area contributed by atoms with E-state index in [1.807, 2.05) is 71.4 Å². The van der Waals surface area contributed by atoms with Crippen LogP contribution in [0.3, 0.4) is 0 Å². The van der Waals surface area contributed by atoms with E-state index in [0.717, 1.165) is 28.0 Å². The van der Waals surface area contributed by atoms with E-state index in [2.05, 4.69) is 39.9 Å². The second-order valence-electron chi connectivity index (χ2n) is 5.76. The molecule has 0 saturated carbocycles. The number of aromatic nitrogens is 3. The molecule has 1 heterocycles. The van der Waals surface area contributed by atoms with Crippen LogP contribution in [0, 0.1) is 0 Å². The summed E-state index contributed by atoms with van der Waals surface area (Å²) in [5.41, 5.74) is 6.70. The van der Waals surface area contributed by atoms with Crippen molar-refractivity contribution >= 4 is 17.4 Å². The molecule has 4 nitrogen and oxygen atoms in total. The van der Waals surface area contributed by atoms with E-state index >= 15 is 0 Å². The second kappa shape index (κ2) is 7.89. The number of hydrogen-bond acceptors (Lipinski definition) is 4. The van der Waals surface area contributed by atoms with Gasteiger partial charge in [0, 0.05) is 11.3 Å². The SMILES string of the molecule is c1ccc(CSc2nnc(-c3ccccc3)n2Nc2ccccc2)cc1. The van der Waals surface area contributed by atoms with Gasteiger partial charge in [-0.25, -0.2) is 4.68 Å². The molecule has 0 unspecified atom stereocenters. The first-order chi connectivity index (χ1) is 12.9. The topological polar surface area (TPSA) is 42.7 Å². The van der Waals surface area contributed by atoms with E-state index in [-0.39, 0.29) is 0 Å². The van der Waals surface area contributed by atoms with Gasteiger partial charge in [0.2, 0.25) is 5.16 Å². The molecule has 4 aromatic rings. The van der Waals surface area contributed by atoms with Gasteiger partial charge in [0.15, 0.2) is 5.82 Å². The Hall–Kier alpha value is -3.05. The highest BCUT2D eigenvalue weighted by molar-refractivity contribution is 7.98. The van der Waals surface area contributed by atoms with Crippen LogP contribution in [0.5, 0.6) is 0 Å². The van der Waals surface area contributed by atoms with Crippen molar-refractivity contribution in [1.82, 2.24) is 14.9 Å². The van der Waals surface area contributed by atoms with Crippen molar-refractivity contribution in [3.8, 4) is 11.4 Å². The molecule has 0 fully saturated rings. The maximum absolute atomic E-state index is 4.42. The van der Waals surface area contributed by atoms with Crippen LogP contribution in [0.2, 0.25) is 0 Å². The normalized spacial score (nSPS) is 10.6. The number of hydrogen-bond donors (Lipinski definition) is 1. The predicted octanol–water partition coefficient (Wildman–Crippen LogP) is 5.11. The highest BCUT2D eigenvalue weighted by Gasteiger charge is 2.14. The molecule has 1 aromatic heterocycles. The predicted molar refractivity (Wildman–Crippen MR) is 107 cm³/mol. The van der Waals surface area contributed by atoms with Crippen LogP contribution in [0.15, 0.2) is 96.2 Å². The van der Waals surface area contributed by atoms with E-state index in [0.29, 0.717) is 0 Å². The highest BCUT2D eigenvalue weighted by Crippen LogP contribution is 2.26. The average molecular weight is 358 g/mol. The molecule has 0 amide bonds. The van der Waals surface area contributed by atoms with Gasteiger partial charge >= 0.3 is 0 Å². The summed E-state index contributed by atoms with van der Waals surface area (Å²) in [4.78, 5) is 0. The molecule has 5 heteroatoms. The Labute approximate surface area is 156 Å². The zero-order valence-electron chi connectivity index (χ0n) is 14.1. The summed E-state index contributed by atoms with van der Waals surface area (Å²) >= 11 is 1.66. The van der Waals surface area contributed by atoms with E-state index in [1.54, 1.807) is 11.8 Å². The Morgan fingerprint density at radius 1 is 0.731 bits per heavy atom. The van der Waals surface area contributed by atoms with Gasteiger partial charge in [0.25, 0.3) is 0 Å². The molecule has 0 bridgehead atoms. The molecule has 0 saturated heterocycles. The third kappa shape index (κ3) is 3.78. The summed E-state index contributed by atoms with van der Waals surface area (Å²) in [5.74, 6) is 1.63. The fraction of sp³-hybridized carbons (Fsp3) is 0.0476. The molecule has 1 N–H and O–H groups in total. The zero-order valence-corrected chi connectivity index (χ0v) is 14.9. The van der Waals surface area contributed by atoms with Crippen molar-refractivity contribution in [3.05, 3.63) is 96.6 Å². The van der Waals surface area contributed by atoms with Crippen molar-refractivity contribution in [3.63, 3.8) is 0 Å². The first-order valence-electron chi connectivity index (χ1n) is 8.40. The summed E-state index contributed by atoms with van der Waals surface area (Å²) in [6, 6.07) is 30.5. The van der Waals surface area contributed by atoms with Gasteiger partial charge in [-0.15, -0.1) is 10.2 Å². The smallest absolute Gasteiger partial charge is 0.210 e. The van der Waals surface area contributed by atoms with Crippen LogP contribution in [-0.2, 0) is 5.75 Å². The lowest BCUT2D eigenvalue weighted by atomic mass is 10.2. The number of para-hydroxylation sites is 1. The number of thioether (sulfide) groups is 1. The summed E-state index contributed by atoms with van der Waals surface area (Å²) in [6.07, 6.45) is 0. The minimum absolute atomic E-state index is 0.796. The first-order valence-corrected chi connectivity index (χ1v) is 9.38. The van der Waals surface area contributed by atoms with Gasteiger partial charge in [0.1, 0.15) is 0 Å². The Balaban J connectivity index is 1.66. The van der Waals surface area contributed by atoms with E-state index < -0.39 is 0 Å². The number of benzene rings is 3. The fourth-order valence-corrected chi connectivity index (χ4v) is 3.45. The second-order valence-corrected chi connectivity index (χ2v) is 6.70. The molecule has 0 aliphatic heterocycles. The van der Waals surface area contributed by atoms with Gasteiger partial charge in [-0.3, -0.25) is 5.43 Å². The van der Waals surface area contributed by atoms with E-state index in [9.17, 15) is 0 Å². The largest absolute Gasteiger partial charge is 0.290 e. The van der Waals surface area contributed by atoms with Crippen LogP contribution < -0.4 is 5.43 Å². The van der Waals surface area contributed by atoms with Gasteiger partial charge in [-0.05, 0) is 17.7 Å². The Morgan fingerprint density at radius 3 is 2.04 bits per heavy atom. The van der Waals surface area contributed by atoms with Gasteiger partial charge < -0.3 is 0 Å². The van der Waals surface area contributed by atoms with Gasteiger partial charge in [-0.1, -0.05) is 90.6 Å². The lowest BCUT2D eigenvalue weighted by Crippen LogP contribution is -2.12. The maximum atomic E-state index is 4.42. The molecular formula is C21H18N4S. The molecule has 4 rings (SSSR count). The summed E-state index contributed by atoms with van der Waals surface area (Å²) in [7, 11) is 0. The molecular weight excluding hydrogens is 340 g/mol. The van der Waals surface area contributed by atoms with Crippen molar-refractivity contribution in [2.75, 3.05) is 5.43 Å². The molecule has 0 aliphatic carbocycles. The van der Waals surface area contributed by atoms with E-state index in [1.165, 1.54) is 5.56 Å². The van der Waals surface area contributed by atoms with Crippen molar-refractivity contribution in [1.29, 1.82) is 0 Å².